The van der Waals surface area contributed by atoms with Crippen molar-refractivity contribution in [3.8, 4) is 0 Å². The molecule has 0 radical (unpaired) electrons. The fourth-order valence-electron chi connectivity index (χ4n) is 4.34. The second kappa shape index (κ2) is 5.57. The second-order valence-corrected chi connectivity index (χ2v) is 8.08. The van der Waals surface area contributed by atoms with Gasteiger partial charge in [0.15, 0.2) is 0 Å². The summed E-state index contributed by atoms with van der Waals surface area (Å²) < 4.78 is 6.10. The monoisotopic (exact) mass is 284 g/mol. The summed E-state index contributed by atoms with van der Waals surface area (Å²) in [6.45, 7) is 3.15. The Bertz CT molecular complexity index is 304. The van der Waals surface area contributed by atoms with E-state index in [0.29, 0.717) is 5.92 Å². The first-order valence-electron chi connectivity index (χ1n) is 8.10. The molecule has 0 bridgehead atoms. The van der Waals surface area contributed by atoms with E-state index >= 15 is 0 Å². The maximum atomic E-state index is 11.1. The lowest BCUT2D eigenvalue weighted by molar-refractivity contribution is -0.145. The van der Waals surface area contributed by atoms with Crippen LogP contribution in [0.25, 0.3) is 0 Å². The molecular weight excluding hydrogens is 256 g/mol. The Balaban J connectivity index is 1.64. The first-order valence-corrected chi connectivity index (χ1v) is 9.25. The number of ether oxygens (including phenoxy) is 1. The molecule has 1 N–H and O–H groups in total. The number of hydrogen-bond acceptors (Lipinski definition) is 3. The molecule has 3 rings (SSSR count). The van der Waals surface area contributed by atoms with Gasteiger partial charge in [-0.3, -0.25) is 0 Å². The maximum Gasteiger partial charge on any atom is 0.0784 e. The molecule has 3 heteroatoms. The van der Waals surface area contributed by atoms with Gasteiger partial charge in [0.05, 0.1) is 11.2 Å². The fourth-order valence-corrected chi connectivity index (χ4v) is 5.72. The van der Waals surface area contributed by atoms with Crippen LogP contribution in [-0.2, 0) is 4.74 Å². The fraction of sp³-hybridized carbons (Fsp3) is 1.00. The molecule has 0 aromatic heterocycles. The minimum Gasteiger partial charge on any atom is -0.390 e. The van der Waals surface area contributed by atoms with Crippen LogP contribution >= 0.6 is 11.8 Å². The Morgan fingerprint density at radius 2 is 2.00 bits per heavy atom. The van der Waals surface area contributed by atoms with Gasteiger partial charge in [0.2, 0.25) is 0 Å². The smallest absolute Gasteiger partial charge is 0.0784 e. The van der Waals surface area contributed by atoms with Gasteiger partial charge in [0.1, 0.15) is 0 Å². The minimum atomic E-state index is -0.379. The highest BCUT2D eigenvalue weighted by Gasteiger charge is 2.48. The molecule has 0 aromatic carbocycles. The van der Waals surface area contributed by atoms with Gasteiger partial charge in [0, 0.05) is 12.4 Å². The first-order chi connectivity index (χ1) is 9.16. The molecule has 2 aliphatic heterocycles. The Kier molecular flexibility index (Phi) is 4.17. The van der Waals surface area contributed by atoms with Crippen molar-refractivity contribution in [2.75, 3.05) is 18.1 Å². The minimum absolute atomic E-state index is 0.116. The molecule has 110 valence electrons. The van der Waals surface area contributed by atoms with Gasteiger partial charge in [-0.1, -0.05) is 13.3 Å². The summed E-state index contributed by atoms with van der Waals surface area (Å²) in [7, 11) is 0. The summed E-state index contributed by atoms with van der Waals surface area (Å²) in [6.07, 6.45) is 9.16. The molecule has 1 aliphatic carbocycles. The Morgan fingerprint density at radius 3 is 2.63 bits per heavy atom. The Labute approximate surface area is 121 Å². The van der Waals surface area contributed by atoms with E-state index in [1.165, 1.54) is 31.4 Å². The van der Waals surface area contributed by atoms with Crippen LogP contribution in [0.2, 0.25) is 0 Å². The highest BCUT2D eigenvalue weighted by molar-refractivity contribution is 7.99. The number of thioether (sulfide) groups is 1. The average molecular weight is 284 g/mol. The van der Waals surface area contributed by atoms with E-state index in [2.05, 4.69) is 6.92 Å². The lowest BCUT2D eigenvalue weighted by atomic mass is 9.67. The summed E-state index contributed by atoms with van der Waals surface area (Å²) >= 11 is 2.02. The van der Waals surface area contributed by atoms with Crippen LogP contribution in [0.5, 0.6) is 0 Å². The summed E-state index contributed by atoms with van der Waals surface area (Å²) in [5, 5.41) is 11.1. The van der Waals surface area contributed by atoms with E-state index in [0.717, 1.165) is 44.0 Å². The normalized spacial score (nSPS) is 47.7. The predicted molar refractivity (Wildman–Crippen MR) is 80.5 cm³/mol. The predicted octanol–water partition coefficient (Wildman–Crippen LogP) is 3.62. The van der Waals surface area contributed by atoms with Crippen LogP contribution in [0.15, 0.2) is 0 Å². The Hall–Kier alpha value is 0.270. The molecule has 2 atom stereocenters. The van der Waals surface area contributed by atoms with Crippen molar-refractivity contribution in [2.24, 2.45) is 11.8 Å². The molecule has 1 spiro atoms. The van der Waals surface area contributed by atoms with E-state index in [1.54, 1.807) is 0 Å². The molecule has 2 saturated heterocycles. The third kappa shape index (κ3) is 2.84. The second-order valence-electron chi connectivity index (χ2n) is 6.98. The van der Waals surface area contributed by atoms with Gasteiger partial charge < -0.3 is 9.84 Å². The van der Waals surface area contributed by atoms with Crippen molar-refractivity contribution >= 4 is 11.8 Å². The molecule has 0 aromatic rings. The average Bonchev–Trinajstić information content (AvgIpc) is 2.88. The SMILES string of the molecule is CCC1CCC(O)(C2CCOC3(CCSC3)C2)CC1. The van der Waals surface area contributed by atoms with E-state index in [4.69, 9.17) is 4.74 Å². The molecule has 2 nitrogen and oxygen atoms in total. The van der Waals surface area contributed by atoms with E-state index in [-0.39, 0.29) is 11.2 Å². The zero-order valence-electron chi connectivity index (χ0n) is 12.2. The Morgan fingerprint density at radius 1 is 1.21 bits per heavy atom. The zero-order valence-corrected chi connectivity index (χ0v) is 13.0. The van der Waals surface area contributed by atoms with Crippen LogP contribution in [0.3, 0.4) is 0 Å². The van der Waals surface area contributed by atoms with Crippen molar-refractivity contribution in [3.63, 3.8) is 0 Å². The van der Waals surface area contributed by atoms with Crippen LogP contribution < -0.4 is 0 Å². The molecule has 1 saturated carbocycles. The lowest BCUT2D eigenvalue weighted by Crippen LogP contribution is -2.50. The van der Waals surface area contributed by atoms with Crippen molar-refractivity contribution in [1.82, 2.24) is 0 Å². The number of rotatable bonds is 2. The topological polar surface area (TPSA) is 29.5 Å². The summed E-state index contributed by atoms with van der Waals surface area (Å²) in [5.74, 6) is 3.73. The molecule has 19 heavy (non-hydrogen) atoms. The number of hydrogen-bond donors (Lipinski definition) is 1. The maximum absolute atomic E-state index is 11.1. The van der Waals surface area contributed by atoms with Gasteiger partial charge >= 0.3 is 0 Å². The summed E-state index contributed by atoms with van der Waals surface area (Å²) in [6, 6.07) is 0. The standard InChI is InChI=1S/C16H28O2S/c1-2-13-3-6-16(17,7-4-13)14-5-9-18-15(11-14)8-10-19-12-15/h13-14,17H,2-12H2,1H3. The van der Waals surface area contributed by atoms with Gasteiger partial charge in [0.25, 0.3) is 0 Å². The third-order valence-corrected chi connectivity index (χ3v) is 7.09. The zero-order chi connectivity index (χ0) is 13.3. The quantitative estimate of drug-likeness (QED) is 0.840. The molecule has 2 heterocycles. The molecule has 3 aliphatic rings. The van der Waals surface area contributed by atoms with Crippen LogP contribution in [-0.4, -0.2) is 34.4 Å². The van der Waals surface area contributed by atoms with Gasteiger partial charge in [-0.15, -0.1) is 0 Å². The third-order valence-electron chi connectivity index (χ3n) is 5.87. The van der Waals surface area contributed by atoms with Gasteiger partial charge in [-0.2, -0.15) is 11.8 Å². The van der Waals surface area contributed by atoms with Crippen molar-refractivity contribution in [1.29, 1.82) is 0 Å². The van der Waals surface area contributed by atoms with Gasteiger partial charge in [-0.05, 0) is 62.5 Å². The van der Waals surface area contributed by atoms with Crippen LogP contribution in [0.4, 0.5) is 0 Å². The van der Waals surface area contributed by atoms with Crippen molar-refractivity contribution < 1.29 is 9.84 Å². The summed E-state index contributed by atoms with van der Waals surface area (Å²) in [4.78, 5) is 0. The van der Waals surface area contributed by atoms with Crippen LogP contribution in [0, 0.1) is 11.8 Å². The first kappa shape index (κ1) is 14.2. The molecule has 3 fully saturated rings. The molecule has 2 unspecified atom stereocenters. The highest BCUT2D eigenvalue weighted by atomic mass is 32.2. The molecular formula is C16H28O2S. The van der Waals surface area contributed by atoms with Gasteiger partial charge in [-0.25, -0.2) is 0 Å². The largest absolute Gasteiger partial charge is 0.390 e. The van der Waals surface area contributed by atoms with E-state index in [1.807, 2.05) is 11.8 Å². The summed E-state index contributed by atoms with van der Waals surface area (Å²) in [5.41, 5.74) is -0.263. The molecule has 0 amide bonds. The van der Waals surface area contributed by atoms with E-state index in [9.17, 15) is 5.11 Å². The number of aliphatic hydroxyl groups is 1. The highest BCUT2D eigenvalue weighted by Crippen LogP contribution is 2.48. The van der Waals surface area contributed by atoms with Crippen molar-refractivity contribution in [3.05, 3.63) is 0 Å². The van der Waals surface area contributed by atoms with E-state index < -0.39 is 0 Å². The van der Waals surface area contributed by atoms with Crippen molar-refractivity contribution in [2.45, 2.75) is 69.5 Å². The van der Waals surface area contributed by atoms with Crippen LogP contribution in [0.1, 0.15) is 58.3 Å². The lowest BCUT2D eigenvalue weighted by Gasteiger charge is -2.47.